The summed E-state index contributed by atoms with van der Waals surface area (Å²) in [7, 11) is 0. The summed E-state index contributed by atoms with van der Waals surface area (Å²) in [4.78, 5) is 0. The van der Waals surface area contributed by atoms with Crippen LogP contribution in [-0.4, -0.2) is 36.1 Å². The van der Waals surface area contributed by atoms with Crippen LogP contribution in [0.5, 0.6) is 0 Å². The minimum absolute atomic E-state index is 0. The first kappa shape index (κ1) is 13.5. The minimum Gasteiger partial charge on any atom is -0.330 e. The van der Waals surface area contributed by atoms with E-state index in [-0.39, 0.29) is 29.6 Å². The summed E-state index contributed by atoms with van der Waals surface area (Å²) in [5.41, 5.74) is 5.34. The third-order valence-electron chi connectivity index (χ3n) is 1.56. The molecule has 57 valence electrons. The van der Waals surface area contributed by atoms with Crippen LogP contribution in [0, 0.1) is 0 Å². The summed E-state index contributed by atoms with van der Waals surface area (Å²) < 4.78 is 0. The normalized spacial score (nSPS) is 9.00. The molecule has 2 N–H and O–H groups in total. The average Bonchev–Trinajstić information content (AvgIpc) is 1.89. The smallest absolute Gasteiger partial charge is 0 e. The summed E-state index contributed by atoms with van der Waals surface area (Å²) in [6.45, 7) is 3.11. The molecule has 0 amide bonds. The maximum atomic E-state index is 5.34. The summed E-state index contributed by atoms with van der Waals surface area (Å²) in [6.07, 6.45) is 8.05. The Bertz CT molecular complexity index is 42.5. The molecule has 0 unspecified atom stereocenters. The van der Waals surface area contributed by atoms with Crippen molar-refractivity contribution in [3.05, 3.63) is 0 Å². The average molecular weight is 152 g/mol. The first-order valence-electron chi connectivity index (χ1n) is 4.12. The molecule has 0 bridgehead atoms. The van der Waals surface area contributed by atoms with Crippen molar-refractivity contribution in [1.82, 2.24) is 0 Å². The molecule has 0 atom stereocenters. The Hall–Kier alpha value is 0.960. The molecule has 0 aromatic rings. The number of hydrogen-bond donors (Lipinski definition) is 1. The van der Waals surface area contributed by atoms with Gasteiger partial charge in [0, 0.05) is 29.6 Å². The largest absolute Gasteiger partial charge is 0.330 e. The molecule has 0 fully saturated rings. The van der Waals surface area contributed by atoms with Gasteiger partial charge in [-0.1, -0.05) is 39.0 Å². The molecule has 0 aliphatic heterocycles. The van der Waals surface area contributed by atoms with Crippen LogP contribution in [0.15, 0.2) is 0 Å². The van der Waals surface area contributed by atoms with Crippen LogP contribution in [0.3, 0.4) is 0 Å². The van der Waals surface area contributed by atoms with Gasteiger partial charge in [-0.05, 0) is 13.0 Å². The molecular formula is C8H19NNa. The Balaban J connectivity index is 0. The summed E-state index contributed by atoms with van der Waals surface area (Å²) in [5, 5.41) is 0. The molecule has 0 aromatic heterocycles. The molecule has 10 heavy (non-hydrogen) atoms. The van der Waals surface area contributed by atoms with Crippen LogP contribution in [0.4, 0.5) is 0 Å². The van der Waals surface area contributed by atoms with Crippen LogP contribution < -0.4 is 5.73 Å². The van der Waals surface area contributed by atoms with E-state index >= 15 is 0 Å². The molecule has 0 aromatic carbocycles. The number of nitrogens with two attached hydrogens (primary N) is 1. The Morgan fingerprint density at radius 2 is 1.40 bits per heavy atom. The maximum absolute atomic E-state index is 5.34. The molecule has 0 saturated carbocycles. The van der Waals surface area contributed by atoms with E-state index in [1.807, 2.05) is 0 Å². The molecule has 0 aliphatic rings. The minimum atomic E-state index is 0. The van der Waals surface area contributed by atoms with Crippen molar-refractivity contribution in [2.75, 3.05) is 6.54 Å². The SMILES string of the molecule is CCCCCCCCN.[Na]. The summed E-state index contributed by atoms with van der Waals surface area (Å²) >= 11 is 0. The molecule has 0 aliphatic carbocycles. The molecule has 0 rings (SSSR count). The molecule has 0 spiro atoms. The first-order valence-corrected chi connectivity index (χ1v) is 4.12. The number of hydrogen-bond acceptors (Lipinski definition) is 1. The summed E-state index contributed by atoms with van der Waals surface area (Å²) in [6, 6.07) is 0. The van der Waals surface area contributed by atoms with Crippen LogP contribution in [-0.2, 0) is 0 Å². The zero-order chi connectivity index (χ0) is 6.95. The zero-order valence-corrected chi connectivity index (χ0v) is 9.53. The number of rotatable bonds is 6. The van der Waals surface area contributed by atoms with E-state index in [0.717, 1.165) is 6.54 Å². The van der Waals surface area contributed by atoms with Gasteiger partial charge in [0.05, 0.1) is 0 Å². The molecule has 0 heterocycles. The van der Waals surface area contributed by atoms with Crippen LogP contribution in [0.1, 0.15) is 45.4 Å². The van der Waals surface area contributed by atoms with Gasteiger partial charge >= 0.3 is 0 Å². The van der Waals surface area contributed by atoms with Crippen molar-refractivity contribution in [2.45, 2.75) is 45.4 Å². The fourth-order valence-corrected chi connectivity index (χ4v) is 0.925. The van der Waals surface area contributed by atoms with Crippen molar-refractivity contribution < 1.29 is 0 Å². The van der Waals surface area contributed by atoms with E-state index in [1.165, 1.54) is 38.5 Å². The molecule has 0 saturated heterocycles. The standard InChI is InChI=1S/C8H19N.Na/c1-2-3-4-5-6-7-8-9;/h2-9H2,1H3;. The van der Waals surface area contributed by atoms with Crippen molar-refractivity contribution >= 4 is 29.6 Å². The Kier molecular flexibility index (Phi) is 17.1. The van der Waals surface area contributed by atoms with Crippen molar-refractivity contribution in [1.29, 1.82) is 0 Å². The van der Waals surface area contributed by atoms with Gasteiger partial charge in [0.15, 0.2) is 0 Å². The monoisotopic (exact) mass is 152 g/mol. The Morgan fingerprint density at radius 3 is 1.90 bits per heavy atom. The Morgan fingerprint density at radius 1 is 0.900 bits per heavy atom. The van der Waals surface area contributed by atoms with Crippen LogP contribution in [0.2, 0.25) is 0 Å². The third kappa shape index (κ3) is 11.7. The molecule has 1 nitrogen and oxygen atoms in total. The topological polar surface area (TPSA) is 26.0 Å². The second kappa shape index (κ2) is 12.6. The van der Waals surface area contributed by atoms with Gasteiger partial charge < -0.3 is 5.73 Å². The van der Waals surface area contributed by atoms with Gasteiger partial charge in [0.25, 0.3) is 0 Å². The van der Waals surface area contributed by atoms with Gasteiger partial charge in [-0.3, -0.25) is 0 Å². The van der Waals surface area contributed by atoms with Gasteiger partial charge in [-0.15, -0.1) is 0 Å². The molecule has 1 radical (unpaired) electrons. The van der Waals surface area contributed by atoms with E-state index in [2.05, 4.69) is 6.92 Å². The van der Waals surface area contributed by atoms with E-state index in [9.17, 15) is 0 Å². The number of unbranched alkanes of at least 4 members (excludes halogenated alkanes) is 5. The second-order valence-corrected chi connectivity index (χ2v) is 2.56. The fourth-order valence-electron chi connectivity index (χ4n) is 0.925. The second-order valence-electron chi connectivity index (χ2n) is 2.56. The van der Waals surface area contributed by atoms with Crippen LogP contribution in [0.25, 0.3) is 0 Å². The predicted octanol–water partition coefficient (Wildman–Crippen LogP) is 1.92. The van der Waals surface area contributed by atoms with Crippen molar-refractivity contribution in [2.24, 2.45) is 5.73 Å². The van der Waals surface area contributed by atoms with Gasteiger partial charge in [-0.2, -0.15) is 0 Å². The Labute approximate surface area is 87.0 Å². The molecule has 2 heteroatoms. The van der Waals surface area contributed by atoms with E-state index in [4.69, 9.17) is 5.73 Å². The third-order valence-corrected chi connectivity index (χ3v) is 1.56. The van der Waals surface area contributed by atoms with Gasteiger partial charge in [0.1, 0.15) is 0 Å². The first-order chi connectivity index (χ1) is 4.41. The van der Waals surface area contributed by atoms with Crippen molar-refractivity contribution in [3.63, 3.8) is 0 Å². The predicted molar refractivity (Wildman–Crippen MR) is 48.2 cm³/mol. The van der Waals surface area contributed by atoms with E-state index in [1.54, 1.807) is 0 Å². The van der Waals surface area contributed by atoms with Crippen LogP contribution >= 0.6 is 0 Å². The molecular weight excluding hydrogens is 133 g/mol. The summed E-state index contributed by atoms with van der Waals surface area (Å²) in [5.74, 6) is 0. The quantitative estimate of drug-likeness (QED) is 0.456. The van der Waals surface area contributed by atoms with Gasteiger partial charge in [-0.25, -0.2) is 0 Å². The van der Waals surface area contributed by atoms with Gasteiger partial charge in [0.2, 0.25) is 0 Å². The zero-order valence-electron chi connectivity index (χ0n) is 7.53. The fraction of sp³-hybridized carbons (Fsp3) is 1.00. The van der Waals surface area contributed by atoms with Crippen molar-refractivity contribution in [3.8, 4) is 0 Å². The maximum Gasteiger partial charge on any atom is 0 e. The van der Waals surface area contributed by atoms with E-state index in [0.29, 0.717) is 0 Å². The van der Waals surface area contributed by atoms with E-state index < -0.39 is 0 Å².